The van der Waals surface area contributed by atoms with Gasteiger partial charge in [-0.3, -0.25) is 0 Å². The van der Waals surface area contributed by atoms with Crippen molar-refractivity contribution in [2.75, 3.05) is 7.05 Å². The molecule has 0 saturated carbocycles. The third kappa shape index (κ3) is 3.31. The molecule has 3 nitrogen and oxygen atoms in total. The highest BCUT2D eigenvalue weighted by molar-refractivity contribution is 7.07. The Bertz CT molecular complexity index is 449. The van der Waals surface area contributed by atoms with Gasteiger partial charge in [0.2, 0.25) is 0 Å². The molecule has 0 aliphatic heterocycles. The van der Waals surface area contributed by atoms with E-state index in [1.807, 2.05) is 30.1 Å². The molecule has 1 heterocycles. The Morgan fingerprint density at radius 2 is 2.11 bits per heavy atom. The van der Waals surface area contributed by atoms with Crippen LogP contribution in [0, 0.1) is 0 Å². The van der Waals surface area contributed by atoms with E-state index in [1.165, 1.54) is 5.56 Å². The van der Waals surface area contributed by atoms with Gasteiger partial charge in [0, 0.05) is 11.4 Å². The standard InChI is InChI=1S/C14H18N2OS/c1-3-14(15-2)11-4-6-13(7-5-11)17-8-12-9-18-10-16-12/h4-7,9-10,14-15H,3,8H2,1-2H3. The van der Waals surface area contributed by atoms with E-state index in [2.05, 4.69) is 29.4 Å². The summed E-state index contributed by atoms with van der Waals surface area (Å²) in [5.74, 6) is 0.887. The molecule has 0 fully saturated rings. The Labute approximate surface area is 112 Å². The molecule has 96 valence electrons. The van der Waals surface area contributed by atoms with Crippen LogP contribution >= 0.6 is 11.3 Å². The second-order valence-electron chi connectivity index (χ2n) is 4.09. The number of hydrogen-bond acceptors (Lipinski definition) is 4. The average molecular weight is 262 g/mol. The van der Waals surface area contributed by atoms with Crippen molar-refractivity contribution in [3.8, 4) is 5.75 Å². The summed E-state index contributed by atoms with van der Waals surface area (Å²) in [5, 5.41) is 5.29. The van der Waals surface area contributed by atoms with Crippen LogP contribution in [0.15, 0.2) is 35.2 Å². The smallest absolute Gasteiger partial charge is 0.131 e. The quantitative estimate of drug-likeness (QED) is 0.866. The van der Waals surface area contributed by atoms with Gasteiger partial charge in [0.25, 0.3) is 0 Å². The lowest BCUT2D eigenvalue weighted by molar-refractivity contribution is 0.302. The Kier molecular flexibility index (Phi) is 4.73. The van der Waals surface area contributed by atoms with Gasteiger partial charge in [-0.2, -0.15) is 0 Å². The van der Waals surface area contributed by atoms with Gasteiger partial charge in [-0.25, -0.2) is 4.98 Å². The zero-order chi connectivity index (χ0) is 12.8. The number of thiazole rings is 1. The van der Waals surface area contributed by atoms with Crippen LogP contribution < -0.4 is 10.1 Å². The van der Waals surface area contributed by atoms with Crippen molar-refractivity contribution < 1.29 is 4.74 Å². The topological polar surface area (TPSA) is 34.1 Å². The van der Waals surface area contributed by atoms with Crippen LogP contribution in [0.25, 0.3) is 0 Å². The molecule has 1 N–H and O–H groups in total. The maximum atomic E-state index is 5.68. The fourth-order valence-electron chi connectivity index (χ4n) is 1.87. The second kappa shape index (κ2) is 6.52. The van der Waals surface area contributed by atoms with Gasteiger partial charge in [-0.05, 0) is 31.2 Å². The largest absolute Gasteiger partial charge is 0.487 e. The molecule has 0 aliphatic rings. The minimum Gasteiger partial charge on any atom is -0.487 e. The summed E-state index contributed by atoms with van der Waals surface area (Å²) in [4.78, 5) is 4.19. The van der Waals surface area contributed by atoms with Crippen LogP contribution in [0.1, 0.15) is 30.6 Å². The first-order valence-corrected chi connectivity index (χ1v) is 7.05. The molecule has 1 atom stereocenters. The van der Waals surface area contributed by atoms with E-state index in [9.17, 15) is 0 Å². The van der Waals surface area contributed by atoms with E-state index in [4.69, 9.17) is 4.74 Å². The molecular formula is C14H18N2OS. The lowest BCUT2D eigenvalue weighted by Crippen LogP contribution is -2.14. The van der Waals surface area contributed by atoms with Gasteiger partial charge in [0.15, 0.2) is 0 Å². The van der Waals surface area contributed by atoms with Crippen LogP contribution in [-0.2, 0) is 6.61 Å². The molecule has 2 rings (SSSR count). The van der Waals surface area contributed by atoms with Crippen molar-refractivity contribution in [1.82, 2.24) is 10.3 Å². The first-order chi connectivity index (χ1) is 8.83. The van der Waals surface area contributed by atoms with Crippen LogP contribution in [0.4, 0.5) is 0 Å². The van der Waals surface area contributed by atoms with Gasteiger partial charge < -0.3 is 10.1 Å². The molecule has 0 bridgehead atoms. The molecule has 0 spiro atoms. The van der Waals surface area contributed by atoms with Crippen molar-refractivity contribution in [2.24, 2.45) is 0 Å². The van der Waals surface area contributed by atoms with Crippen LogP contribution in [0.3, 0.4) is 0 Å². The summed E-state index contributed by atoms with van der Waals surface area (Å²) in [6.45, 7) is 2.71. The molecule has 1 unspecified atom stereocenters. The monoisotopic (exact) mass is 262 g/mol. The Morgan fingerprint density at radius 1 is 1.33 bits per heavy atom. The summed E-state index contributed by atoms with van der Waals surface area (Å²) in [6, 6.07) is 8.67. The number of benzene rings is 1. The maximum absolute atomic E-state index is 5.68. The number of aromatic nitrogens is 1. The Hall–Kier alpha value is -1.39. The third-order valence-electron chi connectivity index (χ3n) is 2.91. The molecule has 4 heteroatoms. The van der Waals surface area contributed by atoms with Crippen molar-refractivity contribution in [3.05, 3.63) is 46.4 Å². The predicted octanol–water partition coefficient (Wildman–Crippen LogP) is 3.39. The zero-order valence-corrected chi connectivity index (χ0v) is 11.5. The number of ether oxygens (including phenoxy) is 1. The van der Waals surface area contributed by atoms with E-state index < -0.39 is 0 Å². The summed E-state index contributed by atoms with van der Waals surface area (Å²) in [7, 11) is 1.99. The van der Waals surface area contributed by atoms with Crippen molar-refractivity contribution >= 4 is 11.3 Å². The van der Waals surface area contributed by atoms with Gasteiger partial charge in [0.05, 0.1) is 11.2 Å². The van der Waals surface area contributed by atoms with Gasteiger partial charge in [0.1, 0.15) is 12.4 Å². The van der Waals surface area contributed by atoms with E-state index in [-0.39, 0.29) is 0 Å². The normalized spacial score (nSPS) is 12.3. The molecule has 0 aliphatic carbocycles. The average Bonchev–Trinajstić information content (AvgIpc) is 2.92. The minimum absolute atomic E-state index is 0.414. The lowest BCUT2D eigenvalue weighted by Gasteiger charge is -2.14. The molecule has 1 aromatic carbocycles. The fourth-order valence-corrected chi connectivity index (χ4v) is 2.41. The van der Waals surface area contributed by atoms with Gasteiger partial charge in [-0.15, -0.1) is 11.3 Å². The summed E-state index contributed by atoms with van der Waals surface area (Å²) < 4.78 is 5.68. The Balaban J connectivity index is 1.95. The van der Waals surface area contributed by atoms with Crippen molar-refractivity contribution in [1.29, 1.82) is 0 Å². The van der Waals surface area contributed by atoms with Crippen LogP contribution in [0.2, 0.25) is 0 Å². The van der Waals surface area contributed by atoms with Gasteiger partial charge in [-0.1, -0.05) is 19.1 Å². The minimum atomic E-state index is 0.414. The zero-order valence-electron chi connectivity index (χ0n) is 10.7. The predicted molar refractivity (Wildman–Crippen MR) is 75.0 cm³/mol. The molecule has 1 aromatic heterocycles. The third-order valence-corrected chi connectivity index (χ3v) is 3.54. The first-order valence-electron chi connectivity index (χ1n) is 6.10. The van der Waals surface area contributed by atoms with E-state index in [0.29, 0.717) is 12.6 Å². The summed E-state index contributed by atoms with van der Waals surface area (Å²) >= 11 is 1.59. The molecule has 2 aromatic rings. The van der Waals surface area contributed by atoms with E-state index in [0.717, 1.165) is 17.9 Å². The van der Waals surface area contributed by atoms with Crippen LogP contribution in [0.5, 0.6) is 5.75 Å². The highest BCUT2D eigenvalue weighted by Gasteiger charge is 2.06. The van der Waals surface area contributed by atoms with E-state index in [1.54, 1.807) is 11.3 Å². The lowest BCUT2D eigenvalue weighted by atomic mass is 10.1. The highest BCUT2D eigenvalue weighted by atomic mass is 32.1. The highest BCUT2D eigenvalue weighted by Crippen LogP contribution is 2.20. The molecule has 0 amide bonds. The number of nitrogens with zero attached hydrogens (tertiary/aromatic N) is 1. The van der Waals surface area contributed by atoms with E-state index >= 15 is 0 Å². The molecular weight excluding hydrogens is 244 g/mol. The fraction of sp³-hybridized carbons (Fsp3) is 0.357. The first kappa shape index (κ1) is 13.1. The van der Waals surface area contributed by atoms with Crippen molar-refractivity contribution in [3.63, 3.8) is 0 Å². The summed E-state index contributed by atoms with van der Waals surface area (Å²) in [5.41, 5.74) is 4.09. The van der Waals surface area contributed by atoms with Crippen LogP contribution in [-0.4, -0.2) is 12.0 Å². The van der Waals surface area contributed by atoms with Gasteiger partial charge >= 0.3 is 0 Å². The maximum Gasteiger partial charge on any atom is 0.131 e. The SMILES string of the molecule is CCC(NC)c1ccc(OCc2cscn2)cc1. The van der Waals surface area contributed by atoms with Crippen molar-refractivity contribution in [2.45, 2.75) is 26.0 Å². The molecule has 0 saturated heterocycles. The summed E-state index contributed by atoms with van der Waals surface area (Å²) in [6.07, 6.45) is 1.08. The number of hydrogen-bond donors (Lipinski definition) is 1. The Morgan fingerprint density at radius 3 is 2.67 bits per heavy atom. The molecule has 0 radical (unpaired) electrons. The second-order valence-corrected chi connectivity index (χ2v) is 4.81. The number of rotatable bonds is 6. The number of nitrogens with one attached hydrogen (secondary N) is 1. The molecule has 18 heavy (non-hydrogen) atoms.